The van der Waals surface area contributed by atoms with Gasteiger partial charge in [-0.3, -0.25) is 9.48 Å². The number of carbonyl (C=O) groups excluding carboxylic acids is 1. The zero-order valence-electron chi connectivity index (χ0n) is 11.4. The van der Waals surface area contributed by atoms with Gasteiger partial charge in [-0.05, 0) is 38.3 Å². The molecular formula is C13H22N4O. The predicted octanol–water partition coefficient (Wildman–Crippen LogP) is 0.704. The van der Waals surface area contributed by atoms with Gasteiger partial charge in [0, 0.05) is 19.8 Å². The fourth-order valence-electron chi connectivity index (χ4n) is 2.47. The highest BCUT2D eigenvalue weighted by Gasteiger charge is 2.22. The van der Waals surface area contributed by atoms with Gasteiger partial charge in [0.2, 0.25) is 0 Å². The van der Waals surface area contributed by atoms with Crippen LogP contribution in [-0.4, -0.2) is 35.3 Å². The Labute approximate surface area is 108 Å². The van der Waals surface area contributed by atoms with Crippen LogP contribution in [0.5, 0.6) is 0 Å². The van der Waals surface area contributed by atoms with Crippen molar-refractivity contribution in [3.63, 3.8) is 0 Å². The summed E-state index contributed by atoms with van der Waals surface area (Å²) in [6, 6.07) is 0. The van der Waals surface area contributed by atoms with E-state index in [1.165, 1.54) is 6.42 Å². The highest BCUT2D eigenvalue weighted by atomic mass is 16.1. The topological polar surface area (TPSA) is 59.0 Å². The summed E-state index contributed by atoms with van der Waals surface area (Å²) in [4.78, 5) is 12.0. The Morgan fingerprint density at radius 2 is 2.44 bits per heavy atom. The number of nitrogens with zero attached hydrogens (tertiary/aromatic N) is 2. The minimum Gasteiger partial charge on any atom is -0.352 e. The van der Waals surface area contributed by atoms with Crippen LogP contribution in [0.3, 0.4) is 0 Å². The second kappa shape index (κ2) is 5.52. The van der Waals surface area contributed by atoms with E-state index < -0.39 is 0 Å². The average Bonchev–Trinajstić information content (AvgIpc) is 2.67. The van der Waals surface area contributed by atoms with Gasteiger partial charge in [0.15, 0.2) is 0 Å². The van der Waals surface area contributed by atoms with Crippen LogP contribution in [0.2, 0.25) is 0 Å². The molecule has 1 amide bonds. The molecule has 0 spiro atoms. The molecule has 100 valence electrons. The first-order valence-electron chi connectivity index (χ1n) is 6.57. The van der Waals surface area contributed by atoms with Gasteiger partial charge in [-0.25, -0.2) is 0 Å². The Bertz CT molecular complexity index is 427. The predicted molar refractivity (Wildman–Crippen MR) is 70.4 cm³/mol. The summed E-state index contributed by atoms with van der Waals surface area (Å²) in [6.07, 6.45) is 2.96. The molecule has 1 aliphatic heterocycles. The molecule has 18 heavy (non-hydrogen) atoms. The van der Waals surface area contributed by atoms with Crippen LogP contribution in [0.15, 0.2) is 6.20 Å². The number of rotatable bonds is 3. The molecule has 1 saturated heterocycles. The van der Waals surface area contributed by atoms with Crippen molar-refractivity contribution in [1.82, 2.24) is 20.4 Å². The molecule has 5 heteroatoms. The van der Waals surface area contributed by atoms with E-state index in [1.807, 2.05) is 14.0 Å². The second-order valence-electron chi connectivity index (χ2n) is 5.24. The van der Waals surface area contributed by atoms with Gasteiger partial charge in [-0.15, -0.1) is 0 Å². The summed E-state index contributed by atoms with van der Waals surface area (Å²) in [5.41, 5.74) is 1.46. The SMILES string of the molecule is Cc1nn(C)cc1C(=O)NCC1CNCCC1C. The summed E-state index contributed by atoms with van der Waals surface area (Å²) < 4.78 is 1.68. The fraction of sp³-hybridized carbons (Fsp3) is 0.692. The third kappa shape index (κ3) is 2.90. The molecule has 0 bridgehead atoms. The van der Waals surface area contributed by atoms with Crippen LogP contribution in [0, 0.1) is 18.8 Å². The largest absolute Gasteiger partial charge is 0.352 e. The number of aryl methyl sites for hydroxylation is 2. The molecule has 1 aromatic rings. The van der Waals surface area contributed by atoms with E-state index in [2.05, 4.69) is 22.7 Å². The molecule has 1 aliphatic rings. The number of piperidine rings is 1. The summed E-state index contributed by atoms with van der Waals surface area (Å²) in [5.74, 6) is 1.18. The minimum atomic E-state index is -0.0154. The van der Waals surface area contributed by atoms with Gasteiger partial charge in [0.1, 0.15) is 0 Å². The van der Waals surface area contributed by atoms with E-state index in [0.717, 1.165) is 25.3 Å². The van der Waals surface area contributed by atoms with Crippen LogP contribution in [0.4, 0.5) is 0 Å². The third-order valence-electron chi connectivity index (χ3n) is 3.77. The third-order valence-corrected chi connectivity index (χ3v) is 3.77. The van der Waals surface area contributed by atoms with Crippen molar-refractivity contribution in [3.05, 3.63) is 17.5 Å². The maximum atomic E-state index is 12.0. The van der Waals surface area contributed by atoms with E-state index in [9.17, 15) is 4.79 Å². The average molecular weight is 250 g/mol. The first-order chi connectivity index (χ1) is 8.58. The highest BCUT2D eigenvalue weighted by molar-refractivity contribution is 5.94. The minimum absolute atomic E-state index is 0.0154. The maximum absolute atomic E-state index is 12.0. The van der Waals surface area contributed by atoms with Crippen molar-refractivity contribution in [3.8, 4) is 0 Å². The van der Waals surface area contributed by atoms with Crippen molar-refractivity contribution < 1.29 is 4.79 Å². The Morgan fingerprint density at radius 3 is 3.06 bits per heavy atom. The normalized spacial score (nSPS) is 23.9. The van der Waals surface area contributed by atoms with Crippen LogP contribution in [0.25, 0.3) is 0 Å². The lowest BCUT2D eigenvalue weighted by Gasteiger charge is -2.29. The van der Waals surface area contributed by atoms with Gasteiger partial charge in [0.05, 0.1) is 11.3 Å². The number of hydrogen-bond acceptors (Lipinski definition) is 3. The summed E-state index contributed by atoms with van der Waals surface area (Å²) >= 11 is 0. The Kier molecular flexibility index (Phi) is 4.01. The molecule has 0 aliphatic carbocycles. The fourth-order valence-corrected chi connectivity index (χ4v) is 2.47. The van der Waals surface area contributed by atoms with Crippen LogP contribution in [0.1, 0.15) is 29.4 Å². The Balaban J connectivity index is 1.90. The lowest BCUT2D eigenvalue weighted by atomic mass is 9.88. The highest BCUT2D eigenvalue weighted by Crippen LogP contribution is 2.17. The molecule has 0 saturated carbocycles. The first-order valence-corrected chi connectivity index (χ1v) is 6.57. The zero-order valence-corrected chi connectivity index (χ0v) is 11.4. The smallest absolute Gasteiger partial charge is 0.254 e. The standard InChI is InChI=1S/C13H22N4O/c1-9-4-5-14-6-11(9)7-15-13(18)12-8-17(3)16-10(12)2/h8-9,11,14H,4-7H2,1-3H3,(H,15,18). The van der Waals surface area contributed by atoms with E-state index >= 15 is 0 Å². The molecule has 2 unspecified atom stereocenters. The molecule has 0 radical (unpaired) electrons. The van der Waals surface area contributed by atoms with Crippen molar-refractivity contribution in [2.75, 3.05) is 19.6 Å². The van der Waals surface area contributed by atoms with Crippen LogP contribution < -0.4 is 10.6 Å². The Hall–Kier alpha value is -1.36. The molecule has 1 aromatic heterocycles. The van der Waals surface area contributed by atoms with E-state index in [4.69, 9.17) is 0 Å². The Morgan fingerprint density at radius 1 is 1.67 bits per heavy atom. The molecule has 0 aromatic carbocycles. The van der Waals surface area contributed by atoms with Gasteiger partial charge in [-0.2, -0.15) is 5.10 Å². The second-order valence-corrected chi connectivity index (χ2v) is 5.24. The quantitative estimate of drug-likeness (QED) is 0.830. The molecule has 5 nitrogen and oxygen atoms in total. The maximum Gasteiger partial charge on any atom is 0.254 e. The number of amides is 1. The van der Waals surface area contributed by atoms with Crippen LogP contribution >= 0.6 is 0 Å². The molecule has 1 fully saturated rings. The number of nitrogens with one attached hydrogen (secondary N) is 2. The molecular weight excluding hydrogens is 228 g/mol. The van der Waals surface area contributed by atoms with Crippen molar-refractivity contribution in [2.24, 2.45) is 18.9 Å². The van der Waals surface area contributed by atoms with Crippen LogP contribution in [-0.2, 0) is 7.05 Å². The summed E-state index contributed by atoms with van der Waals surface area (Å²) in [6.45, 7) is 6.94. The molecule has 2 atom stereocenters. The zero-order chi connectivity index (χ0) is 13.1. The number of aromatic nitrogens is 2. The van der Waals surface area contributed by atoms with Gasteiger partial charge in [0.25, 0.3) is 5.91 Å². The lowest BCUT2D eigenvalue weighted by molar-refractivity contribution is 0.0938. The first kappa shape index (κ1) is 13.1. The van der Waals surface area contributed by atoms with E-state index in [0.29, 0.717) is 17.4 Å². The van der Waals surface area contributed by atoms with E-state index in [-0.39, 0.29) is 5.91 Å². The summed E-state index contributed by atoms with van der Waals surface area (Å²) in [7, 11) is 1.83. The monoisotopic (exact) mass is 250 g/mol. The summed E-state index contributed by atoms with van der Waals surface area (Å²) in [5, 5.41) is 10.6. The van der Waals surface area contributed by atoms with Gasteiger partial charge < -0.3 is 10.6 Å². The number of hydrogen-bond donors (Lipinski definition) is 2. The molecule has 2 rings (SSSR count). The van der Waals surface area contributed by atoms with Crippen molar-refractivity contribution in [2.45, 2.75) is 20.3 Å². The number of carbonyl (C=O) groups is 1. The molecule has 2 heterocycles. The van der Waals surface area contributed by atoms with E-state index in [1.54, 1.807) is 10.9 Å². The van der Waals surface area contributed by atoms with Gasteiger partial charge in [-0.1, -0.05) is 6.92 Å². The van der Waals surface area contributed by atoms with Crippen molar-refractivity contribution >= 4 is 5.91 Å². The van der Waals surface area contributed by atoms with Crippen molar-refractivity contribution in [1.29, 1.82) is 0 Å². The lowest BCUT2D eigenvalue weighted by Crippen LogP contribution is -2.42. The molecule has 2 N–H and O–H groups in total. The van der Waals surface area contributed by atoms with Gasteiger partial charge >= 0.3 is 0 Å².